The van der Waals surface area contributed by atoms with Crippen LogP contribution in [0.4, 0.5) is 5.69 Å². The standard InChI is InChI=1S/C26H31NO2/c1-20(29-24-15-13-22(14-16-24)26(2,3)4)18-27-23-11-8-12-25(17-23)28-19-21-9-6-5-7-10-21/h5-17,20,27H,18-19H2,1-4H3. The lowest BCUT2D eigenvalue weighted by atomic mass is 9.87. The van der Waals surface area contributed by atoms with E-state index in [1.165, 1.54) is 5.56 Å². The van der Waals surface area contributed by atoms with Crippen LogP contribution >= 0.6 is 0 Å². The van der Waals surface area contributed by atoms with E-state index in [9.17, 15) is 0 Å². The van der Waals surface area contributed by atoms with E-state index < -0.39 is 0 Å². The molecule has 3 aromatic rings. The van der Waals surface area contributed by atoms with Gasteiger partial charge in [0.2, 0.25) is 0 Å². The van der Waals surface area contributed by atoms with Crippen LogP contribution in [-0.4, -0.2) is 12.6 Å². The molecule has 29 heavy (non-hydrogen) atoms. The predicted octanol–water partition coefficient (Wildman–Crippen LogP) is 6.44. The highest BCUT2D eigenvalue weighted by Crippen LogP contribution is 2.25. The molecule has 0 aliphatic carbocycles. The number of nitrogens with one attached hydrogen (secondary N) is 1. The number of ether oxygens (including phenoxy) is 2. The molecule has 0 spiro atoms. The molecular formula is C26H31NO2. The van der Waals surface area contributed by atoms with Crippen molar-refractivity contribution >= 4 is 5.69 Å². The molecule has 3 nitrogen and oxygen atoms in total. The van der Waals surface area contributed by atoms with Crippen LogP contribution in [0.3, 0.4) is 0 Å². The lowest BCUT2D eigenvalue weighted by Gasteiger charge is -2.20. The Morgan fingerprint density at radius 2 is 1.55 bits per heavy atom. The lowest BCUT2D eigenvalue weighted by Crippen LogP contribution is -2.22. The molecule has 0 saturated carbocycles. The van der Waals surface area contributed by atoms with Gasteiger partial charge in [-0.15, -0.1) is 0 Å². The molecule has 1 N–H and O–H groups in total. The van der Waals surface area contributed by atoms with Gasteiger partial charge in [0.15, 0.2) is 0 Å². The first-order valence-electron chi connectivity index (χ1n) is 10.2. The summed E-state index contributed by atoms with van der Waals surface area (Å²) in [5.74, 6) is 1.75. The van der Waals surface area contributed by atoms with Gasteiger partial charge in [0, 0.05) is 11.8 Å². The van der Waals surface area contributed by atoms with Crippen LogP contribution in [0.5, 0.6) is 11.5 Å². The molecule has 3 rings (SSSR count). The molecule has 152 valence electrons. The quantitative estimate of drug-likeness (QED) is 0.481. The van der Waals surface area contributed by atoms with Gasteiger partial charge in [-0.2, -0.15) is 0 Å². The van der Waals surface area contributed by atoms with Crippen molar-refractivity contribution in [2.45, 2.75) is 45.8 Å². The van der Waals surface area contributed by atoms with E-state index in [2.05, 4.69) is 69.4 Å². The first-order valence-corrected chi connectivity index (χ1v) is 10.2. The Balaban J connectivity index is 1.49. The Kier molecular flexibility index (Phi) is 6.82. The molecule has 0 radical (unpaired) electrons. The van der Waals surface area contributed by atoms with Gasteiger partial charge in [-0.25, -0.2) is 0 Å². The second kappa shape index (κ2) is 9.51. The lowest BCUT2D eigenvalue weighted by molar-refractivity contribution is 0.234. The molecule has 0 saturated heterocycles. The third-order valence-electron chi connectivity index (χ3n) is 4.73. The minimum absolute atomic E-state index is 0.0457. The van der Waals surface area contributed by atoms with Crippen molar-refractivity contribution in [3.05, 3.63) is 90.0 Å². The average Bonchev–Trinajstić information content (AvgIpc) is 2.72. The predicted molar refractivity (Wildman–Crippen MR) is 121 cm³/mol. The van der Waals surface area contributed by atoms with Crippen molar-refractivity contribution in [3.63, 3.8) is 0 Å². The zero-order valence-corrected chi connectivity index (χ0v) is 17.8. The molecule has 3 heteroatoms. The Morgan fingerprint density at radius 3 is 2.24 bits per heavy atom. The van der Waals surface area contributed by atoms with Crippen LogP contribution in [0.1, 0.15) is 38.8 Å². The molecule has 0 aliphatic heterocycles. The smallest absolute Gasteiger partial charge is 0.121 e. The fourth-order valence-corrected chi connectivity index (χ4v) is 3.01. The van der Waals surface area contributed by atoms with Crippen LogP contribution < -0.4 is 14.8 Å². The van der Waals surface area contributed by atoms with Gasteiger partial charge in [0.1, 0.15) is 24.2 Å². The molecule has 0 aliphatic rings. The largest absolute Gasteiger partial charge is 0.489 e. The first-order chi connectivity index (χ1) is 13.9. The van der Waals surface area contributed by atoms with Gasteiger partial charge in [0.05, 0.1) is 6.54 Å². The molecule has 0 bridgehead atoms. The van der Waals surface area contributed by atoms with E-state index >= 15 is 0 Å². The summed E-state index contributed by atoms with van der Waals surface area (Å²) in [5, 5.41) is 3.43. The summed E-state index contributed by atoms with van der Waals surface area (Å²) in [6.45, 7) is 9.99. The summed E-state index contributed by atoms with van der Waals surface area (Å²) >= 11 is 0. The number of rotatable bonds is 8. The number of hydrogen-bond donors (Lipinski definition) is 1. The topological polar surface area (TPSA) is 30.5 Å². The van der Waals surface area contributed by atoms with E-state index in [1.54, 1.807) is 0 Å². The van der Waals surface area contributed by atoms with E-state index in [4.69, 9.17) is 9.47 Å². The maximum absolute atomic E-state index is 6.05. The van der Waals surface area contributed by atoms with Crippen molar-refractivity contribution in [2.24, 2.45) is 0 Å². The normalized spacial score (nSPS) is 12.3. The maximum atomic E-state index is 6.05. The van der Waals surface area contributed by atoms with Gasteiger partial charge >= 0.3 is 0 Å². The second-order valence-electron chi connectivity index (χ2n) is 8.39. The maximum Gasteiger partial charge on any atom is 0.121 e. The highest BCUT2D eigenvalue weighted by atomic mass is 16.5. The van der Waals surface area contributed by atoms with Crippen LogP contribution in [0.25, 0.3) is 0 Å². The minimum Gasteiger partial charge on any atom is -0.489 e. The molecule has 0 amide bonds. The first kappa shape index (κ1) is 20.8. The third kappa shape index (κ3) is 6.56. The van der Waals surface area contributed by atoms with E-state index in [0.717, 1.165) is 22.7 Å². The molecule has 0 aromatic heterocycles. The van der Waals surface area contributed by atoms with Crippen molar-refractivity contribution in [3.8, 4) is 11.5 Å². The van der Waals surface area contributed by atoms with Crippen LogP contribution in [0.15, 0.2) is 78.9 Å². The molecule has 1 atom stereocenters. The van der Waals surface area contributed by atoms with Crippen molar-refractivity contribution in [1.82, 2.24) is 0 Å². The van der Waals surface area contributed by atoms with Crippen molar-refractivity contribution in [2.75, 3.05) is 11.9 Å². The van der Waals surface area contributed by atoms with Gasteiger partial charge in [-0.3, -0.25) is 0 Å². The SMILES string of the molecule is CC(CNc1cccc(OCc2ccccc2)c1)Oc1ccc(C(C)(C)C)cc1. The average molecular weight is 390 g/mol. The molecule has 0 fully saturated rings. The molecule has 3 aromatic carbocycles. The van der Waals surface area contributed by atoms with Gasteiger partial charge in [0.25, 0.3) is 0 Å². The Morgan fingerprint density at radius 1 is 0.828 bits per heavy atom. The number of hydrogen-bond acceptors (Lipinski definition) is 3. The summed E-state index contributed by atoms with van der Waals surface area (Å²) in [5.41, 5.74) is 3.64. The summed E-state index contributed by atoms with van der Waals surface area (Å²) in [6.07, 6.45) is 0.0457. The van der Waals surface area contributed by atoms with E-state index in [1.807, 2.05) is 42.5 Å². The van der Waals surface area contributed by atoms with Crippen LogP contribution in [0, 0.1) is 0 Å². The van der Waals surface area contributed by atoms with E-state index in [-0.39, 0.29) is 11.5 Å². The van der Waals surface area contributed by atoms with Gasteiger partial charge in [-0.1, -0.05) is 69.3 Å². The number of anilines is 1. The number of benzene rings is 3. The van der Waals surface area contributed by atoms with Crippen LogP contribution in [0.2, 0.25) is 0 Å². The third-order valence-corrected chi connectivity index (χ3v) is 4.73. The summed E-state index contributed by atoms with van der Waals surface area (Å²) in [6, 6.07) is 26.6. The highest BCUT2D eigenvalue weighted by molar-refractivity contribution is 5.48. The summed E-state index contributed by atoms with van der Waals surface area (Å²) < 4.78 is 11.9. The summed E-state index contributed by atoms with van der Waals surface area (Å²) in [7, 11) is 0. The molecule has 0 heterocycles. The van der Waals surface area contributed by atoms with Crippen LogP contribution in [-0.2, 0) is 12.0 Å². The molecular weight excluding hydrogens is 358 g/mol. The fourth-order valence-electron chi connectivity index (χ4n) is 3.01. The Bertz CT molecular complexity index is 883. The fraction of sp³-hybridized carbons (Fsp3) is 0.308. The Hall–Kier alpha value is -2.94. The van der Waals surface area contributed by atoms with Gasteiger partial charge in [-0.05, 0) is 47.7 Å². The van der Waals surface area contributed by atoms with Crippen molar-refractivity contribution < 1.29 is 9.47 Å². The van der Waals surface area contributed by atoms with Gasteiger partial charge < -0.3 is 14.8 Å². The highest BCUT2D eigenvalue weighted by Gasteiger charge is 2.13. The molecule has 1 unspecified atom stereocenters. The minimum atomic E-state index is 0.0457. The summed E-state index contributed by atoms with van der Waals surface area (Å²) in [4.78, 5) is 0. The zero-order valence-electron chi connectivity index (χ0n) is 17.8. The van der Waals surface area contributed by atoms with Crippen molar-refractivity contribution in [1.29, 1.82) is 0 Å². The zero-order chi connectivity index (χ0) is 20.7. The monoisotopic (exact) mass is 389 g/mol. The Labute approximate surface area is 174 Å². The second-order valence-corrected chi connectivity index (χ2v) is 8.39. The van der Waals surface area contributed by atoms with E-state index in [0.29, 0.717) is 13.2 Å².